The minimum Gasteiger partial charge on any atom is -0.211 e. The first kappa shape index (κ1) is 8.11. The Hall–Kier alpha value is -0.890. The van der Waals surface area contributed by atoms with Gasteiger partial charge in [0.2, 0.25) is 12.2 Å². The van der Waals surface area contributed by atoms with Gasteiger partial charge in [-0.15, -0.1) is 12.6 Å². The second kappa shape index (κ2) is 5.25. The van der Waals surface area contributed by atoms with E-state index in [9.17, 15) is 9.59 Å². The van der Waals surface area contributed by atoms with Gasteiger partial charge in [-0.25, -0.2) is 14.6 Å². The Morgan fingerprint density at radius 1 is 1.44 bits per heavy atom. The lowest BCUT2D eigenvalue weighted by atomic mass is 10.7. The number of nitrogens with zero attached hydrogens (tertiary/aromatic N) is 2. The van der Waals surface area contributed by atoms with Crippen LogP contribution in [-0.2, 0) is 9.59 Å². The third-order valence-corrected chi connectivity index (χ3v) is 0.800. The van der Waals surface area contributed by atoms with Gasteiger partial charge >= 0.3 is 0 Å². The van der Waals surface area contributed by atoms with Crippen LogP contribution in [0.15, 0.2) is 9.98 Å². The van der Waals surface area contributed by atoms with Crippen LogP contribution in [0.3, 0.4) is 0 Å². The van der Waals surface area contributed by atoms with E-state index in [1.54, 1.807) is 0 Å². The molecule has 0 amide bonds. The van der Waals surface area contributed by atoms with Crippen molar-refractivity contribution in [3.63, 3.8) is 0 Å². The molecule has 0 saturated heterocycles. The van der Waals surface area contributed by atoms with Crippen molar-refractivity contribution in [3.05, 3.63) is 0 Å². The normalized spacial score (nSPS) is 10.8. The number of rotatable bonds is 3. The molecular weight excluding hydrogens is 140 g/mol. The first-order valence-electron chi connectivity index (χ1n) is 2.10. The van der Waals surface area contributed by atoms with Crippen LogP contribution in [0, 0.1) is 0 Å². The smallest absolute Gasteiger partial charge is 0.211 e. The van der Waals surface area contributed by atoms with Crippen molar-refractivity contribution in [3.8, 4) is 0 Å². The van der Waals surface area contributed by atoms with Crippen LogP contribution in [0.5, 0.6) is 0 Å². The summed E-state index contributed by atoms with van der Waals surface area (Å²) in [5.41, 5.74) is 0. The zero-order valence-electron chi connectivity index (χ0n) is 4.44. The highest BCUT2D eigenvalue weighted by molar-refractivity contribution is 7.81. The fourth-order valence-electron chi connectivity index (χ4n) is 0.221. The van der Waals surface area contributed by atoms with Gasteiger partial charge in [0.1, 0.15) is 5.37 Å². The predicted molar refractivity (Wildman–Crippen MR) is 33.9 cm³/mol. The predicted octanol–water partition coefficient (Wildman–Crippen LogP) is -0.0861. The minimum atomic E-state index is -0.566. The Morgan fingerprint density at radius 3 is 2.56 bits per heavy atom. The molecular formula is C4H4N2O2S. The molecule has 0 aliphatic heterocycles. The maximum Gasteiger partial charge on any atom is 0.236 e. The lowest BCUT2D eigenvalue weighted by Crippen LogP contribution is -1.97. The van der Waals surface area contributed by atoms with Crippen LogP contribution in [0.25, 0.3) is 0 Å². The van der Waals surface area contributed by atoms with E-state index in [0.29, 0.717) is 0 Å². The maximum atomic E-state index is 9.50. The largest absolute Gasteiger partial charge is 0.236 e. The highest BCUT2D eigenvalue weighted by Gasteiger charge is 1.94. The van der Waals surface area contributed by atoms with Gasteiger partial charge < -0.3 is 0 Å². The molecule has 1 atom stereocenters. The number of carbonyl (C=O) groups excluding carboxylic acids is 2. The summed E-state index contributed by atoms with van der Waals surface area (Å²) in [4.78, 5) is 25.2. The molecule has 0 aliphatic carbocycles. The SMILES string of the molecule is O=C=NCC(S)N=C=O. The summed E-state index contributed by atoms with van der Waals surface area (Å²) in [5.74, 6) is 0. The van der Waals surface area contributed by atoms with Crippen LogP contribution < -0.4 is 0 Å². The standard InChI is InChI=1S/C4H4N2O2S/c7-2-5-1-4(9)6-3-8/h4,9H,1H2. The van der Waals surface area contributed by atoms with Crippen molar-refractivity contribution in [2.45, 2.75) is 5.37 Å². The Kier molecular flexibility index (Phi) is 4.73. The lowest BCUT2D eigenvalue weighted by molar-refractivity contribution is 0.559. The highest BCUT2D eigenvalue weighted by Crippen LogP contribution is 1.93. The van der Waals surface area contributed by atoms with E-state index in [0.717, 1.165) is 0 Å². The maximum absolute atomic E-state index is 9.50. The van der Waals surface area contributed by atoms with Crippen LogP contribution in [0.2, 0.25) is 0 Å². The molecule has 0 rings (SSSR count). The molecule has 0 heterocycles. The summed E-state index contributed by atoms with van der Waals surface area (Å²) >= 11 is 3.74. The molecule has 5 heteroatoms. The Labute approximate surface area is 57.1 Å². The third kappa shape index (κ3) is 4.97. The van der Waals surface area contributed by atoms with E-state index < -0.39 is 5.37 Å². The second-order valence-corrected chi connectivity index (χ2v) is 1.73. The molecule has 0 N–H and O–H groups in total. The monoisotopic (exact) mass is 144 g/mol. The molecule has 0 aliphatic rings. The van der Waals surface area contributed by atoms with Crippen LogP contribution >= 0.6 is 12.6 Å². The van der Waals surface area contributed by atoms with Gasteiger partial charge in [-0.1, -0.05) is 0 Å². The van der Waals surface area contributed by atoms with Gasteiger partial charge in [-0.2, -0.15) is 4.99 Å². The van der Waals surface area contributed by atoms with Crippen molar-refractivity contribution in [2.24, 2.45) is 9.98 Å². The fraction of sp³-hybridized carbons (Fsp3) is 0.500. The first-order chi connectivity index (χ1) is 4.31. The van der Waals surface area contributed by atoms with Crippen LogP contribution in [0.1, 0.15) is 0 Å². The van der Waals surface area contributed by atoms with E-state index in [4.69, 9.17) is 0 Å². The molecule has 0 spiro atoms. The van der Waals surface area contributed by atoms with Crippen LogP contribution in [0.4, 0.5) is 0 Å². The topological polar surface area (TPSA) is 58.9 Å². The zero-order valence-corrected chi connectivity index (χ0v) is 5.34. The molecule has 48 valence electrons. The number of hydrogen-bond acceptors (Lipinski definition) is 5. The van der Waals surface area contributed by atoms with Crippen molar-refractivity contribution < 1.29 is 9.59 Å². The first-order valence-corrected chi connectivity index (χ1v) is 2.61. The Balaban J connectivity index is 3.62. The highest BCUT2D eigenvalue weighted by atomic mass is 32.1. The summed E-state index contributed by atoms with van der Waals surface area (Å²) in [6, 6.07) is 0. The number of thiol groups is 1. The molecule has 0 radical (unpaired) electrons. The van der Waals surface area contributed by atoms with E-state index >= 15 is 0 Å². The van der Waals surface area contributed by atoms with E-state index in [2.05, 4.69) is 22.6 Å². The average molecular weight is 144 g/mol. The summed E-state index contributed by atoms with van der Waals surface area (Å²) in [6.07, 6.45) is 2.58. The van der Waals surface area contributed by atoms with Crippen molar-refractivity contribution >= 4 is 24.8 Å². The molecule has 0 bridgehead atoms. The van der Waals surface area contributed by atoms with Gasteiger partial charge in [-0.3, -0.25) is 0 Å². The van der Waals surface area contributed by atoms with Crippen molar-refractivity contribution in [1.29, 1.82) is 0 Å². The third-order valence-electron chi connectivity index (χ3n) is 0.521. The summed E-state index contributed by atoms with van der Waals surface area (Å²) in [5, 5.41) is -0.566. The quantitative estimate of drug-likeness (QED) is 0.342. The molecule has 4 nitrogen and oxygen atoms in total. The zero-order chi connectivity index (χ0) is 7.11. The van der Waals surface area contributed by atoms with Crippen LogP contribution in [-0.4, -0.2) is 24.1 Å². The fourth-order valence-corrected chi connectivity index (χ4v) is 0.349. The van der Waals surface area contributed by atoms with Gasteiger partial charge in [-0.05, 0) is 0 Å². The number of isocyanates is 2. The molecule has 0 saturated carbocycles. The minimum absolute atomic E-state index is 0.0713. The van der Waals surface area contributed by atoms with E-state index in [1.165, 1.54) is 12.2 Å². The average Bonchev–Trinajstić information content (AvgIpc) is 1.85. The van der Waals surface area contributed by atoms with Gasteiger partial charge in [0.25, 0.3) is 0 Å². The van der Waals surface area contributed by atoms with E-state index in [1.807, 2.05) is 0 Å². The van der Waals surface area contributed by atoms with E-state index in [-0.39, 0.29) is 6.54 Å². The van der Waals surface area contributed by atoms with Crippen molar-refractivity contribution in [1.82, 2.24) is 0 Å². The Morgan fingerprint density at radius 2 is 2.11 bits per heavy atom. The van der Waals surface area contributed by atoms with Gasteiger partial charge in [0, 0.05) is 0 Å². The van der Waals surface area contributed by atoms with Crippen molar-refractivity contribution in [2.75, 3.05) is 6.54 Å². The summed E-state index contributed by atoms with van der Waals surface area (Å²) < 4.78 is 0. The second-order valence-electron chi connectivity index (χ2n) is 1.13. The summed E-state index contributed by atoms with van der Waals surface area (Å²) in [6.45, 7) is 0.0713. The van der Waals surface area contributed by atoms with Gasteiger partial charge in [0.15, 0.2) is 0 Å². The molecule has 1 unspecified atom stereocenters. The number of hydrogen-bond donors (Lipinski definition) is 1. The molecule has 0 aromatic carbocycles. The lowest BCUT2D eigenvalue weighted by Gasteiger charge is -1.91. The Bertz CT molecular complexity index is 169. The molecule has 0 fully saturated rings. The molecule has 0 aromatic heterocycles. The summed E-state index contributed by atoms with van der Waals surface area (Å²) in [7, 11) is 0. The number of aliphatic imine (C=N–C) groups is 2. The molecule has 9 heavy (non-hydrogen) atoms. The molecule has 0 aromatic rings. The van der Waals surface area contributed by atoms with Gasteiger partial charge in [0.05, 0.1) is 6.54 Å².